The fourth-order valence-electron chi connectivity index (χ4n) is 3.31. The minimum Gasteiger partial charge on any atom is -0.330 e. The number of nitrogens with one attached hydrogen (secondary N) is 1. The Morgan fingerprint density at radius 2 is 1.96 bits per heavy atom. The van der Waals surface area contributed by atoms with E-state index in [0.29, 0.717) is 16.9 Å². The fourth-order valence-corrected chi connectivity index (χ4v) is 3.31. The van der Waals surface area contributed by atoms with Crippen LogP contribution in [-0.2, 0) is 0 Å². The first-order chi connectivity index (χ1) is 11.7. The number of benzene rings is 1. The Labute approximate surface area is 139 Å². The molecule has 1 saturated heterocycles. The summed E-state index contributed by atoms with van der Waals surface area (Å²) in [5.74, 6) is -0.0369. The van der Waals surface area contributed by atoms with Crippen molar-refractivity contribution in [3.63, 3.8) is 0 Å². The van der Waals surface area contributed by atoms with Gasteiger partial charge in [0.2, 0.25) is 5.65 Å². The van der Waals surface area contributed by atoms with Crippen molar-refractivity contribution in [2.24, 2.45) is 0 Å². The van der Waals surface area contributed by atoms with Crippen LogP contribution in [0.1, 0.15) is 46.9 Å². The van der Waals surface area contributed by atoms with E-state index >= 15 is 0 Å². The lowest BCUT2D eigenvalue weighted by Gasteiger charge is -2.36. The second-order valence-electron chi connectivity index (χ2n) is 6.28. The Hall–Kier alpha value is -2.76. The number of carbonyl (C=O) groups is 1. The molecule has 0 unspecified atom stereocenters. The van der Waals surface area contributed by atoms with Gasteiger partial charge in [-0.05, 0) is 43.9 Å². The average molecular weight is 321 g/mol. The van der Waals surface area contributed by atoms with Gasteiger partial charge >= 0.3 is 0 Å². The smallest absolute Gasteiger partial charge is 0.273 e. The van der Waals surface area contributed by atoms with Gasteiger partial charge in [-0.25, -0.2) is 4.98 Å². The summed E-state index contributed by atoms with van der Waals surface area (Å²) < 4.78 is 0. The van der Waals surface area contributed by atoms with Crippen LogP contribution in [-0.4, -0.2) is 37.7 Å². The summed E-state index contributed by atoms with van der Waals surface area (Å²) >= 11 is 0. The average Bonchev–Trinajstić information content (AvgIpc) is 3.09. The number of amides is 1. The zero-order chi connectivity index (χ0) is 16.5. The van der Waals surface area contributed by atoms with Gasteiger partial charge in [-0.1, -0.05) is 29.8 Å². The first kappa shape index (κ1) is 14.8. The van der Waals surface area contributed by atoms with Gasteiger partial charge in [0.25, 0.3) is 5.91 Å². The molecule has 1 N–H and O–H groups in total. The minimum absolute atomic E-state index is 0.0369. The normalized spacial score (nSPS) is 18.0. The zero-order valence-electron chi connectivity index (χ0n) is 13.6. The van der Waals surface area contributed by atoms with Crippen LogP contribution in [0.15, 0.2) is 36.4 Å². The Kier molecular flexibility index (Phi) is 3.72. The van der Waals surface area contributed by atoms with Crippen LogP contribution >= 0.6 is 0 Å². The standard InChI is InChI=1S/C18H19N5O/c1-12-5-7-13(8-6-12)16-4-2-3-11-23(16)18(24)15-10-9-14-17(19-15)21-22-20-14/h5-10,16H,2-4,11H2,1H3,(H,19,20,21,22)/t16-/m0/s1. The number of H-pyrrole nitrogens is 1. The molecule has 4 rings (SSSR count). The Morgan fingerprint density at radius 3 is 2.79 bits per heavy atom. The number of pyridine rings is 1. The molecule has 1 aliphatic heterocycles. The third-order valence-electron chi connectivity index (χ3n) is 4.63. The summed E-state index contributed by atoms with van der Waals surface area (Å²) in [6, 6.07) is 12.1. The van der Waals surface area contributed by atoms with E-state index in [2.05, 4.69) is 51.6 Å². The van der Waals surface area contributed by atoms with Gasteiger partial charge in [-0.2, -0.15) is 10.3 Å². The predicted molar refractivity (Wildman–Crippen MR) is 90.5 cm³/mol. The molecule has 1 fully saturated rings. The molecule has 0 radical (unpaired) electrons. The molecule has 1 amide bonds. The fraction of sp³-hybridized carbons (Fsp3) is 0.333. The maximum Gasteiger partial charge on any atom is 0.273 e. The minimum atomic E-state index is -0.0369. The lowest BCUT2D eigenvalue weighted by atomic mass is 9.94. The molecule has 1 aromatic carbocycles. The number of likely N-dealkylation sites (tertiary alicyclic amines) is 1. The van der Waals surface area contributed by atoms with Crippen LogP contribution < -0.4 is 0 Å². The summed E-state index contributed by atoms with van der Waals surface area (Å²) in [4.78, 5) is 19.3. The van der Waals surface area contributed by atoms with Crippen molar-refractivity contribution in [2.75, 3.05) is 6.54 Å². The molecule has 0 spiro atoms. The Bertz CT molecular complexity index is 871. The molecule has 3 heterocycles. The van der Waals surface area contributed by atoms with Crippen LogP contribution in [0.4, 0.5) is 0 Å². The molecule has 1 aliphatic rings. The highest BCUT2D eigenvalue weighted by atomic mass is 16.2. The molecule has 122 valence electrons. The van der Waals surface area contributed by atoms with Crippen molar-refractivity contribution < 1.29 is 4.79 Å². The molecule has 6 heteroatoms. The van der Waals surface area contributed by atoms with Crippen molar-refractivity contribution in [3.8, 4) is 0 Å². The number of hydrogen-bond donors (Lipinski definition) is 1. The molecule has 6 nitrogen and oxygen atoms in total. The molecule has 0 saturated carbocycles. The molecule has 24 heavy (non-hydrogen) atoms. The van der Waals surface area contributed by atoms with Crippen LogP contribution in [0.5, 0.6) is 0 Å². The number of rotatable bonds is 2. The van der Waals surface area contributed by atoms with Crippen LogP contribution in [0.25, 0.3) is 11.2 Å². The first-order valence-corrected chi connectivity index (χ1v) is 8.27. The number of hydrogen-bond acceptors (Lipinski definition) is 4. The number of piperidine rings is 1. The number of aromatic amines is 1. The lowest BCUT2D eigenvalue weighted by molar-refractivity contribution is 0.0606. The first-order valence-electron chi connectivity index (χ1n) is 8.27. The predicted octanol–water partition coefficient (Wildman–Crippen LogP) is 3.03. The van der Waals surface area contributed by atoms with Gasteiger partial charge in [0, 0.05) is 6.54 Å². The second-order valence-corrected chi connectivity index (χ2v) is 6.28. The van der Waals surface area contributed by atoms with Crippen molar-refractivity contribution in [1.29, 1.82) is 0 Å². The summed E-state index contributed by atoms with van der Waals surface area (Å²) in [6.07, 6.45) is 3.15. The maximum absolute atomic E-state index is 13.0. The number of carbonyl (C=O) groups excluding carboxylic acids is 1. The molecular weight excluding hydrogens is 302 g/mol. The van der Waals surface area contributed by atoms with E-state index < -0.39 is 0 Å². The van der Waals surface area contributed by atoms with Gasteiger partial charge in [0.05, 0.1) is 6.04 Å². The Morgan fingerprint density at radius 1 is 1.12 bits per heavy atom. The molecular formula is C18H19N5O. The second kappa shape index (κ2) is 6.03. The third-order valence-corrected chi connectivity index (χ3v) is 4.63. The molecule has 3 aromatic rings. The van der Waals surface area contributed by atoms with E-state index in [1.54, 1.807) is 12.1 Å². The van der Waals surface area contributed by atoms with Gasteiger partial charge in [0.1, 0.15) is 11.2 Å². The van der Waals surface area contributed by atoms with Crippen molar-refractivity contribution in [3.05, 3.63) is 53.2 Å². The van der Waals surface area contributed by atoms with Gasteiger partial charge in [-0.3, -0.25) is 4.79 Å². The van der Waals surface area contributed by atoms with E-state index in [4.69, 9.17) is 0 Å². The zero-order valence-corrected chi connectivity index (χ0v) is 13.6. The topological polar surface area (TPSA) is 74.8 Å². The molecule has 0 aliphatic carbocycles. The molecule has 2 aromatic heterocycles. The van der Waals surface area contributed by atoms with Crippen molar-refractivity contribution >= 4 is 17.1 Å². The molecule has 1 atom stereocenters. The SMILES string of the molecule is Cc1ccc([C@@H]2CCCCN2C(=O)c2ccc3n[nH]nc3n2)cc1. The van der Waals surface area contributed by atoms with E-state index in [0.717, 1.165) is 25.8 Å². The van der Waals surface area contributed by atoms with E-state index in [-0.39, 0.29) is 11.9 Å². The van der Waals surface area contributed by atoms with Crippen LogP contribution in [0.2, 0.25) is 0 Å². The lowest BCUT2D eigenvalue weighted by Crippen LogP contribution is -2.38. The monoisotopic (exact) mass is 321 g/mol. The quantitative estimate of drug-likeness (QED) is 0.787. The maximum atomic E-state index is 13.0. The number of fused-ring (bicyclic) bond motifs is 1. The van der Waals surface area contributed by atoms with Crippen molar-refractivity contribution in [2.45, 2.75) is 32.2 Å². The Balaban J connectivity index is 1.66. The van der Waals surface area contributed by atoms with Crippen molar-refractivity contribution in [1.82, 2.24) is 25.3 Å². The third kappa shape index (κ3) is 2.64. The number of aryl methyl sites for hydroxylation is 1. The van der Waals surface area contributed by atoms with Crippen LogP contribution in [0.3, 0.4) is 0 Å². The highest BCUT2D eigenvalue weighted by molar-refractivity contribution is 5.94. The van der Waals surface area contributed by atoms with E-state index in [1.165, 1.54) is 11.1 Å². The van der Waals surface area contributed by atoms with Gasteiger partial charge < -0.3 is 4.90 Å². The largest absolute Gasteiger partial charge is 0.330 e. The van der Waals surface area contributed by atoms with Gasteiger partial charge in [0.15, 0.2) is 0 Å². The summed E-state index contributed by atoms with van der Waals surface area (Å²) in [6.45, 7) is 2.83. The number of aromatic nitrogens is 4. The summed E-state index contributed by atoms with van der Waals surface area (Å²) in [7, 11) is 0. The van der Waals surface area contributed by atoms with Crippen LogP contribution in [0, 0.1) is 6.92 Å². The highest BCUT2D eigenvalue weighted by Crippen LogP contribution is 2.32. The summed E-state index contributed by atoms with van der Waals surface area (Å²) in [5, 5.41) is 10.5. The van der Waals surface area contributed by atoms with E-state index in [1.807, 2.05) is 4.90 Å². The highest BCUT2D eigenvalue weighted by Gasteiger charge is 2.29. The van der Waals surface area contributed by atoms with E-state index in [9.17, 15) is 4.79 Å². The molecule has 0 bridgehead atoms. The number of nitrogens with zero attached hydrogens (tertiary/aromatic N) is 4. The summed E-state index contributed by atoms with van der Waals surface area (Å²) in [5.41, 5.74) is 3.99. The van der Waals surface area contributed by atoms with Gasteiger partial charge in [-0.15, -0.1) is 5.10 Å².